The van der Waals surface area contributed by atoms with Crippen LogP contribution in [0.25, 0.3) is 0 Å². The molecule has 1 aliphatic rings. The summed E-state index contributed by atoms with van der Waals surface area (Å²) in [6.45, 7) is 2.15. The summed E-state index contributed by atoms with van der Waals surface area (Å²) in [5.74, 6) is 0. The van der Waals surface area contributed by atoms with Gasteiger partial charge in [-0.1, -0.05) is 12.1 Å². The van der Waals surface area contributed by atoms with Crippen molar-refractivity contribution in [1.82, 2.24) is 4.98 Å². The minimum atomic E-state index is 0.327. The molecule has 3 heteroatoms. The van der Waals surface area contributed by atoms with Crippen LogP contribution in [0.2, 0.25) is 0 Å². The van der Waals surface area contributed by atoms with Crippen molar-refractivity contribution in [2.75, 3.05) is 24.3 Å². The predicted molar refractivity (Wildman–Crippen MR) is 89.0 cm³/mol. The summed E-state index contributed by atoms with van der Waals surface area (Å²) in [4.78, 5) is 6.76. The third-order valence-electron chi connectivity index (χ3n) is 4.23. The van der Waals surface area contributed by atoms with Gasteiger partial charge in [0, 0.05) is 31.7 Å². The molecule has 0 amide bonds. The number of pyridine rings is 1. The fourth-order valence-electron chi connectivity index (χ4n) is 3.13. The number of fused-ring (bicyclic) bond motifs is 1. The number of hydrogen-bond donors (Lipinski definition) is 1. The molecule has 0 spiro atoms. The van der Waals surface area contributed by atoms with E-state index in [2.05, 4.69) is 60.5 Å². The van der Waals surface area contributed by atoms with Crippen LogP contribution >= 0.6 is 0 Å². The smallest absolute Gasteiger partial charge is 0.0688 e. The van der Waals surface area contributed by atoms with Gasteiger partial charge < -0.3 is 10.2 Å². The van der Waals surface area contributed by atoms with Crippen molar-refractivity contribution in [3.05, 3.63) is 53.3 Å². The van der Waals surface area contributed by atoms with E-state index in [-0.39, 0.29) is 0 Å². The van der Waals surface area contributed by atoms with Crippen LogP contribution in [0.5, 0.6) is 0 Å². The molecule has 0 saturated heterocycles. The molecule has 1 unspecified atom stereocenters. The number of nitrogens with one attached hydrogen (secondary N) is 1. The number of aryl methyl sites for hydroxylation is 2. The van der Waals surface area contributed by atoms with Gasteiger partial charge in [0.1, 0.15) is 0 Å². The Hall–Kier alpha value is -2.03. The van der Waals surface area contributed by atoms with Gasteiger partial charge in [0.15, 0.2) is 0 Å². The van der Waals surface area contributed by atoms with Gasteiger partial charge in [-0.15, -0.1) is 0 Å². The van der Waals surface area contributed by atoms with Crippen LogP contribution in [-0.4, -0.2) is 19.1 Å². The van der Waals surface area contributed by atoms with Crippen molar-refractivity contribution in [2.45, 2.75) is 32.2 Å². The Labute approximate surface area is 127 Å². The molecule has 0 saturated carbocycles. The van der Waals surface area contributed by atoms with Gasteiger partial charge in [0.05, 0.1) is 11.7 Å². The second-order valence-corrected chi connectivity index (χ2v) is 6.03. The molecule has 3 rings (SSSR count). The van der Waals surface area contributed by atoms with Gasteiger partial charge in [-0.3, -0.25) is 4.98 Å². The van der Waals surface area contributed by atoms with Crippen molar-refractivity contribution in [2.24, 2.45) is 0 Å². The van der Waals surface area contributed by atoms with E-state index in [1.165, 1.54) is 34.6 Å². The zero-order valence-electron chi connectivity index (χ0n) is 13.1. The maximum Gasteiger partial charge on any atom is 0.0688 e. The standard InChI is InChI=1S/C18H23N3/c1-13-9-10-15(12-17(13)21(2)3)20-16-8-4-6-14-7-5-11-19-18(14)16/h5,7,9-12,16,20H,4,6,8H2,1-3H3. The first-order chi connectivity index (χ1) is 10.1. The number of nitrogens with zero attached hydrogens (tertiary/aromatic N) is 2. The Morgan fingerprint density at radius 1 is 1.24 bits per heavy atom. The highest BCUT2D eigenvalue weighted by Crippen LogP contribution is 2.32. The van der Waals surface area contributed by atoms with E-state index in [0.717, 1.165) is 12.8 Å². The van der Waals surface area contributed by atoms with E-state index in [9.17, 15) is 0 Å². The molecular weight excluding hydrogens is 258 g/mol. The van der Waals surface area contributed by atoms with E-state index >= 15 is 0 Å². The molecule has 1 aromatic carbocycles. The van der Waals surface area contributed by atoms with Crippen LogP contribution in [0.15, 0.2) is 36.5 Å². The van der Waals surface area contributed by atoms with Gasteiger partial charge in [-0.2, -0.15) is 0 Å². The summed E-state index contributed by atoms with van der Waals surface area (Å²) >= 11 is 0. The molecule has 1 N–H and O–H groups in total. The molecule has 3 nitrogen and oxygen atoms in total. The highest BCUT2D eigenvalue weighted by Gasteiger charge is 2.21. The van der Waals surface area contributed by atoms with Gasteiger partial charge in [0.2, 0.25) is 0 Å². The number of hydrogen-bond acceptors (Lipinski definition) is 3. The van der Waals surface area contributed by atoms with Gasteiger partial charge in [0.25, 0.3) is 0 Å². The SMILES string of the molecule is Cc1ccc(NC2CCCc3cccnc32)cc1N(C)C. The lowest BCUT2D eigenvalue weighted by Gasteiger charge is -2.27. The van der Waals surface area contributed by atoms with Crippen LogP contribution in [-0.2, 0) is 6.42 Å². The maximum atomic E-state index is 4.60. The maximum absolute atomic E-state index is 4.60. The Balaban J connectivity index is 1.86. The number of anilines is 2. The van der Waals surface area contributed by atoms with Gasteiger partial charge in [-0.25, -0.2) is 0 Å². The summed E-state index contributed by atoms with van der Waals surface area (Å²) in [6.07, 6.45) is 5.43. The molecule has 1 aliphatic carbocycles. The number of rotatable bonds is 3. The predicted octanol–water partition coefficient (Wildman–Crippen LogP) is 3.95. The fraction of sp³-hybridized carbons (Fsp3) is 0.389. The van der Waals surface area contributed by atoms with Gasteiger partial charge in [-0.05, 0) is 55.5 Å². The molecule has 110 valence electrons. The van der Waals surface area contributed by atoms with Crippen molar-refractivity contribution in [3.63, 3.8) is 0 Å². The molecule has 1 heterocycles. The molecule has 21 heavy (non-hydrogen) atoms. The van der Waals surface area contributed by atoms with E-state index in [0.29, 0.717) is 6.04 Å². The molecule has 2 aromatic rings. The quantitative estimate of drug-likeness (QED) is 0.923. The summed E-state index contributed by atoms with van der Waals surface area (Å²) in [5.41, 5.74) is 6.34. The monoisotopic (exact) mass is 281 g/mol. The summed E-state index contributed by atoms with van der Waals surface area (Å²) in [5, 5.41) is 3.67. The highest BCUT2D eigenvalue weighted by molar-refractivity contribution is 5.62. The second kappa shape index (κ2) is 5.76. The lowest BCUT2D eigenvalue weighted by molar-refractivity contribution is 0.583. The Morgan fingerprint density at radius 3 is 2.90 bits per heavy atom. The molecule has 0 aliphatic heterocycles. The van der Waals surface area contributed by atoms with Crippen molar-refractivity contribution >= 4 is 11.4 Å². The number of aromatic nitrogens is 1. The lowest BCUT2D eigenvalue weighted by Crippen LogP contribution is -2.19. The van der Waals surface area contributed by atoms with Crippen LogP contribution < -0.4 is 10.2 Å². The third kappa shape index (κ3) is 2.87. The normalized spacial score (nSPS) is 17.2. The minimum Gasteiger partial charge on any atom is -0.377 e. The van der Waals surface area contributed by atoms with Crippen LogP contribution in [0.3, 0.4) is 0 Å². The molecule has 1 atom stereocenters. The Bertz CT molecular complexity index is 634. The van der Waals surface area contributed by atoms with E-state index in [1.807, 2.05) is 12.3 Å². The lowest BCUT2D eigenvalue weighted by atomic mass is 9.91. The van der Waals surface area contributed by atoms with E-state index < -0.39 is 0 Å². The van der Waals surface area contributed by atoms with Crippen LogP contribution in [0, 0.1) is 6.92 Å². The molecule has 1 aromatic heterocycles. The van der Waals surface area contributed by atoms with E-state index in [1.54, 1.807) is 0 Å². The van der Waals surface area contributed by atoms with Crippen LogP contribution in [0.1, 0.15) is 35.7 Å². The zero-order valence-corrected chi connectivity index (χ0v) is 13.1. The highest BCUT2D eigenvalue weighted by atomic mass is 15.1. The molecule has 0 fully saturated rings. The molecule has 0 radical (unpaired) electrons. The Kier molecular flexibility index (Phi) is 3.82. The first-order valence-corrected chi connectivity index (χ1v) is 7.63. The summed E-state index contributed by atoms with van der Waals surface area (Å²) in [7, 11) is 4.17. The first-order valence-electron chi connectivity index (χ1n) is 7.63. The average Bonchev–Trinajstić information content (AvgIpc) is 2.49. The average molecular weight is 281 g/mol. The fourth-order valence-corrected chi connectivity index (χ4v) is 3.13. The third-order valence-corrected chi connectivity index (χ3v) is 4.23. The zero-order chi connectivity index (χ0) is 14.8. The van der Waals surface area contributed by atoms with Crippen molar-refractivity contribution < 1.29 is 0 Å². The minimum absolute atomic E-state index is 0.327. The topological polar surface area (TPSA) is 28.2 Å². The first kappa shape index (κ1) is 13.9. The van der Waals surface area contributed by atoms with Gasteiger partial charge >= 0.3 is 0 Å². The summed E-state index contributed by atoms with van der Waals surface area (Å²) in [6, 6.07) is 11.1. The summed E-state index contributed by atoms with van der Waals surface area (Å²) < 4.78 is 0. The number of benzene rings is 1. The second-order valence-electron chi connectivity index (χ2n) is 6.03. The largest absolute Gasteiger partial charge is 0.377 e. The van der Waals surface area contributed by atoms with Crippen molar-refractivity contribution in [1.29, 1.82) is 0 Å². The molecular formula is C18H23N3. The van der Waals surface area contributed by atoms with E-state index in [4.69, 9.17) is 0 Å². The van der Waals surface area contributed by atoms with Crippen LogP contribution in [0.4, 0.5) is 11.4 Å². The molecule has 0 bridgehead atoms. The van der Waals surface area contributed by atoms with Crippen molar-refractivity contribution in [3.8, 4) is 0 Å². The Morgan fingerprint density at radius 2 is 2.10 bits per heavy atom.